The first kappa shape index (κ1) is 18.5. The number of rotatable bonds is 5. The standard InChI is InChI=1S/C17H28N2O5/c1-17(2,3)24-16(23)19-8-6-11(7-9-19)13(15(21)22)10-14(20)18-12-4-5-12/h11-13H,4-10H2,1-3H3,(H,18,20)(H,21,22). The molecule has 7 nitrogen and oxygen atoms in total. The normalized spacial score (nSPS) is 20.4. The molecule has 136 valence electrons. The van der Waals surface area contributed by atoms with E-state index in [9.17, 15) is 19.5 Å². The molecule has 1 aliphatic heterocycles. The smallest absolute Gasteiger partial charge is 0.410 e. The molecule has 7 heteroatoms. The van der Waals surface area contributed by atoms with E-state index in [1.165, 1.54) is 0 Å². The van der Waals surface area contributed by atoms with Gasteiger partial charge >= 0.3 is 12.1 Å². The van der Waals surface area contributed by atoms with E-state index < -0.39 is 17.5 Å². The summed E-state index contributed by atoms with van der Waals surface area (Å²) in [6.45, 7) is 6.38. The average molecular weight is 340 g/mol. The molecular weight excluding hydrogens is 312 g/mol. The Morgan fingerprint density at radius 3 is 2.21 bits per heavy atom. The lowest BCUT2D eigenvalue weighted by molar-refractivity contribution is -0.146. The molecule has 2 rings (SSSR count). The fourth-order valence-electron chi connectivity index (χ4n) is 2.98. The molecule has 1 saturated carbocycles. The van der Waals surface area contributed by atoms with Crippen molar-refractivity contribution in [3.05, 3.63) is 0 Å². The van der Waals surface area contributed by atoms with Crippen LogP contribution in [-0.2, 0) is 14.3 Å². The Bertz CT molecular complexity index is 488. The third kappa shape index (κ3) is 5.69. The number of carboxylic acid groups (broad SMARTS) is 1. The van der Waals surface area contributed by atoms with Crippen LogP contribution in [0.4, 0.5) is 4.79 Å². The zero-order valence-corrected chi connectivity index (χ0v) is 14.7. The minimum absolute atomic E-state index is 0.0168. The van der Waals surface area contributed by atoms with Crippen LogP contribution in [0.15, 0.2) is 0 Å². The summed E-state index contributed by atoms with van der Waals surface area (Å²) in [6.07, 6.45) is 2.78. The number of ether oxygens (including phenoxy) is 1. The highest BCUT2D eigenvalue weighted by atomic mass is 16.6. The molecule has 0 bridgehead atoms. The molecule has 0 radical (unpaired) electrons. The van der Waals surface area contributed by atoms with Gasteiger partial charge in [0, 0.05) is 25.6 Å². The number of carboxylic acids is 1. The van der Waals surface area contributed by atoms with E-state index >= 15 is 0 Å². The molecule has 1 saturated heterocycles. The summed E-state index contributed by atoms with van der Waals surface area (Å²) < 4.78 is 5.34. The first-order valence-corrected chi connectivity index (χ1v) is 8.66. The van der Waals surface area contributed by atoms with E-state index in [0.717, 1.165) is 12.8 Å². The Balaban J connectivity index is 1.84. The van der Waals surface area contributed by atoms with E-state index in [0.29, 0.717) is 25.9 Å². The van der Waals surface area contributed by atoms with Crippen LogP contribution in [0, 0.1) is 11.8 Å². The number of hydrogen-bond acceptors (Lipinski definition) is 4. The number of likely N-dealkylation sites (tertiary alicyclic amines) is 1. The Morgan fingerprint density at radius 2 is 1.75 bits per heavy atom. The van der Waals surface area contributed by atoms with Gasteiger partial charge in [0.15, 0.2) is 0 Å². The van der Waals surface area contributed by atoms with E-state index in [2.05, 4.69) is 5.32 Å². The second-order valence-electron chi connectivity index (χ2n) is 7.80. The molecule has 0 aromatic carbocycles. The van der Waals surface area contributed by atoms with Crippen LogP contribution >= 0.6 is 0 Å². The zero-order valence-electron chi connectivity index (χ0n) is 14.7. The number of carbonyl (C=O) groups is 3. The number of piperidine rings is 1. The number of hydrogen-bond donors (Lipinski definition) is 2. The largest absolute Gasteiger partial charge is 0.481 e. The van der Waals surface area contributed by atoms with Crippen molar-refractivity contribution < 1.29 is 24.2 Å². The van der Waals surface area contributed by atoms with Crippen LogP contribution in [0.2, 0.25) is 0 Å². The maximum Gasteiger partial charge on any atom is 0.410 e. The molecule has 2 amide bonds. The monoisotopic (exact) mass is 340 g/mol. The first-order valence-electron chi connectivity index (χ1n) is 8.66. The van der Waals surface area contributed by atoms with Crippen LogP contribution in [0.3, 0.4) is 0 Å². The zero-order chi connectivity index (χ0) is 17.9. The third-order valence-corrected chi connectivity index (χ3v) is 4.43. The molecule has 24 heavy (non-hydrogen) atoms. The number of nitrogens with zero attached hydrogens (tertiary/aromatic N) is 1. The van der Waals surface area contributed by atoms with E-state index in [1.54, 1.807) is 4.90 Å². The Labute approximate surface area is 142 Å². The molecule has 1 heterocycles. The molecule has 1 atom stereocenters. The number of aliphatic carboxylic acids is 1. The Morgan fingerprint density at radius 1 is 1.17 bits per heavy atom. The van der Waals surface area contributed by atoms with E-state index in [4.69, 9.17) is 4.74 Å². The highest BCUT2D eigenvalue weighted by Crippen LogP contribution is 2.29. The summed E-state index contributed by atoms with van der Waals surface area (Å²) in [4.78, 5) is 37.1. The summed E-state index contributed by atoms with van der Waals surface area (Å²) in [5.41, 5.74) is -0.543. The van der Waals surface area contributed by atoms with Gasteiger partial charge in [-0.2, -0.15) is 0 Å². The van der Waals surface area contributed by atoms with Crippen LogP contribution in [-0.4, -0.2) is 52.7 Å². The van der Waals surface area contributed by atoms with Crippen LogP contribution in [0.25, 0.3) is 0 Å². The van der Waals surface area contributed by atoms with Gasteiger partial charge in [0.1, 0.15) is 5.60 Å². The van der Waals surface area contributed by atoms with Gasteiger partial charge in [-0.25, -0.2) is 4.79 Å². The van der Waals surface area contributed by atoms with Crippen molar-refractivity contribution in [1.29, 1.82) is 0 Å². The van der Waals surface area contributed by atoms with Gasteiger partial charge in [0.25, 0.3) is 0 Å². The van der Waals surface area contributed by atoms with Crippen molar-refractivity contribution in [2.24, 2.45) is 11.8 Å². The van der Waals surface area contributed by atoms with Crippen molar-refractivity contribution >= 4 is 18.0 Å². The van der Waals surface area contributed by atoms with Gasteiger partial charge in [-0.1, -0.05) is 0 Å². The lowest BCUT2D eigenvalue weighted by Crippen LogP contribution is -2.44. The second-order valence-corrected chi connectivity index (χ2v) is 7.80. The Kier molecular flexibility index (Phi) is 5.72. The summed E-state index contributed by atoms with van der Waals surface area (Å²) >= 11 is 0. The lowest BCUT2D eigenvalue weighted by atomic mass is 9.82. The predicted octanol–water partition coefficient (Wildman–Crippen LogP) is 2.00. The summed E-state index contributed by atoms with van der Waals surface area (Å²) in [5, 5.41) is 12.3. The number of amides is 2. The maximum absolute atomic E-state index is 12.1. The second kappa shape index (κ2) is 7.40. The summed E-state index contributed by atoms with van der Waals surface area (Å²) in [5.74, 6) is -1.90. The van der Waals surface area contributed by atoms with Crippen LogP contribution in [0.5, 0.6) is 0 Å². The molecule has 0 spiro atoms. The fourth-order valence-corrected chi connectivity index (χ4v) is 2.98. The molecule has 0 aromatic rings. The highest BCUT2D eigenvalue weighted by Gasteiger charge is 2.36. The van der Waals surface area contributed by atoms with Gasteiger partial charge in [0.2, 0.25) is 5.91 Å². The average Bonchev–Trinajstić information content (AvgIpc) is 3.27. The molecule has 1 aliphatic carbocycles. The van der Waals surface area contributed by atoms with E-state index in [1.807, 2.05) is 20.8 Å². The van der Waals surface area contributed by atoms with Gasteiger partial charge in [-0.15, -0.1) is 0 Å². The first-order chi connectivity index (χ1) is 11.2. The fraction of sp³-hybridized carbons (Fsp3) is 0.824. The van der Waals surface area contributed by atoms with Gasteiger partial charge in [-0.05, 0) is 52.4 Å². The summed E-state index contributed by atoms with van der Waals surface area (Å²) in [7, 11) is 0. The van der Waals surface area contributed by atoms with Crippen molar-refractivity contribution in [2.75, 3.05) is 13.1 Å². The van der Waals surface area contributed by atoms with Gasteiger partial charge < -0.3 is 20.1 Å². The van der Waals surface area contributed by atoms with Crippen molar-refractivity contribution in [3.63, 3.8) is 0 Å². The van der Waals surface area contributed by atoms with E-state index in [-0.39, 0.29) is 30.4 Å². The van der Waals surface area contributed by atoms with Crippen molar-refractivity contribution in [2.45, 2.75) is 64.5 Å². The molecular formula is C17H28N2O5. The number of nitrogens with one attached hydrogen (secondary N) is 1. The molecule has 2 fully saturated rings. The van der Waals surface area contributed by atoms with Crippen molar-refractivity contribution in [1.82, 2.24) is 10.2 Å². The Hall–Kier alpha value is -1.79. The minimum Gasteiger partial charge on any atom is -0.481 e. The van der Waals surface area contributed by atoms with Crippen molar-refractivity contribution in [3.8, 4) is 0 Å². The topological polar surface area (TPSA) is 95.9 Å². The van der Waals surface area contributed by atoms with Gasteiger partial charge in [0.05, 0.1) is 5.92 Å². The molecule has 2 N–H and O–H groups in total. The van der Waals surface area contributed by atoms with Gasteiger partial charge in [-0.3, -0.25) is 9.59 Å². The van der Waals surface area contributed by atoms with Crippen LogP contribution < -0.4 is 5.32 Å². The lowest BCUT2D eigenvalue weighted by Gasteiger charge is -2.35. The molecule has 0 aromatic heterocycles. The summed E-state index contributed by atoms with van der Waals surface area (Å²) in [6, 6.07) is 0.237. The molecule has 1 unspecified atom stereocenters. The third-order valence-electron chi connectivity index (χ3n) is 4.43. The van der Waals surface area contributed by atoms with Crippen LogP contribution in [0.1, 0.15) is 52.9 Å². The minimum atomic E-state index is -0.934. The number of carbonyl (C=O) groups excluding carboxylic acids is 2. The SMILES string of the molecule is CC(C)(C)OC(=O)N1CCC(C(CC(=O)NC2CC2)C(=O)O)CC1. The predicted molar refractivity (Wildman–Crippen MR) is 87.4 cm³/mol. The highest BCUT2D eigenvalue weighted by molar-refractivity contribution is 5.82. The quantitative estimate of drug-likeness (QED) is 0.798. The molecule has 2 aliphatic rings. The maximum atomic E-state index is 12.1.